The van der Waals surface area contributed by atoms with Crippen LogP contribution >= 0.6 is 22.9 Å². The lowest BCUT2D eigenvalue weighted by atomic mass is 9.78. The second-order valence-corrected chi connectivity index (χ2v) is 11.8. The molecule has 2 heterocycles. The molecule has 0 spiro atoms. The van der Waals surface area contributed by atoms with Crippen LogP contribution in [0.5, 0.6) is 0 Å². The molecule has 0 bridgehead atoms. The Bertz CT molecular complexity index is 839. The Labute approximate surface area is 176 Å². The molecule has 0 radical (unpaired) electrons. The summed E-state index contributed by atoms with van der Waals surface area (Å²) in [6.45, 7) is 3.18. The van der Waals surface area contributed by atoms with Gasteiger partial charge in [0.05, 0.1) is 15.2 Å². The summed E-state index contributed by atoms with van der Waals surface area (Å²) in [5.41, 5.74) is 1.55. The zero-order valence-electron chi connectivity index (χ0n) is 16.4. The minimum Gasteiger partial charge on any atom is -0.338 e. The highest BCUT2D eigenvalue weighted by molar-refractivity contribution is 7.93. The molecule has 9 heteroatoms. The molecule has 2 aliphatic rings. The van der Waals surface area contributed by atoms with E-state index in [0.29, 0.717) is 49.1 Å². The van der Waals surface area contributed by atoms with E-state index < -0.39 is 9.73 Å². The Morgan fingerprint density at radius 3 is 2.57 bits per heavy atom. The van der Waals surface area contributed by atoms with E-state index in [0.717, 1.165) is 12.8 Å². The van der Waals surface area contributed by atoms with Crippen molar-refractivity contribution >= 4 is 44.5 Å². The summed E-state index contributed by atoms with van der Waals surface area (Å²) in [4.78, 5) is 31.1. The van der Waals surface area contributed by atoms with Crippen LogP contribution in [0.25, 0.3) is 0 Å². The van der Waals surface area contributed by atoms with Gasteiger partial charge in [0.1, 0.15) is 4.88 Å². The fourth-order valence-electron chi connectivity index (χ4n) is 4.25. The van der Waals surface area contributed by atoms with E-state index in [9.17, 15) is 13.8 Å². The summed E-state index contributed by atoms with van der Waals surface area (Å²) in [6, 6.07) is 0. The standard InChI is InChI=1S/C19H28ClN3O3S2/c1-13-5-3-4-6-14(13)11-16(24)22-28(2,26)15-7-9-23(10-8-15)19(25)17-18(20)21-12-27-17/h12-15H,3-11H2,1-2H3. The maximum atomic E-state index is 13.1. The van der Waals surface area contributed by atoms with E-state index in [-0.39, 0.29) is 22.2 Å². The van der Waals surface area contributed by atoms with Crippen LogP contribution in [-0.2, 0) is 14.5 Å². The molecule has 3 unspecified atom stereocenters. The van der Waals surface area contributed by atoms with Crippen molar-refractivity contribution in [1.29, 1.82) is 0 Å². The number of hydrogen-bond acceptors (Lipinski definition) is 5. The van der Waals surface area contributed by atoms with E-state index in [1.165, 1.54) is 24.2 Å². The van der Waals surface area contributed by atoms with Crippen LogP contribution < -0.4 is 0 Å². The van der Waals surface area contributed by atoms with Crippen molar-refractivity contribution in [2.45, 2.75) is 57.1 Å². The van der Waals surface area contributed by atoms with Crippen LogP contribution in [0, 0.1) is 11.8 Å². The van der Waals surface area contributed by atoms with Crippen LogP contribution in [-0.4, -0.2) is 50.5 Å². The number of rotatable bonds is 4. The summed E-state index contributed by atoms with van der Waals surface area (Å²) in [7, 11) is -2.61. The average molecular weight is 446 g/mol. The van der Waals surface area contributed by atoms with Gasteiger partial charge >= 0.3 is 0 Å². The third-order valence-corrected chi connectivity index (χ3v) is 9.56. The Morgan fingerprint density at radius 2 is 1.96 bits per heavy atom. The number of thiazole rings is 1. The molecule has 1 saturated heterocycles. The minimum atomic E-state index is -2.61. The fourth-order valence-corrected chi connectivity index (χ4v) is 6.92. The van der Waals surface area contributed by atoms with E-state index in [2.05, 4.69) is 16.3 Å². The SMILES string of the molecule is CC1CCCCC1CC(=O)N=S(C)(=O)C1CCN(C(=O)c2scnc2Cl)CC1. The summed E-state index contributed by atoms with van der Waals surface area (Å²) in [5, 5.41) is 0.0650. The third kappa shape index (κ3) is 5.13. The molecule has 1 aliphatic carbocycles. The van der Waals surface area contributed by atoms with Gasteiger partial charge in [-0.2, -0.15) is 4.36 Å². The number of hydrogen-bond donors (Lipinski definition) is 0. The summed E-state index contributed by atoms with van der Waals surface area (Å²) in [6.07, 6.45) is 7.79. The normalized spacial score (nSPS) is 25.9. The molecule has 156 valence electrons. The lowest BCUT2D eigenvalue weighted by Gasteiger charge is -2.32. The van der Waals surface area contributed by atoms with Crippen molar-refractivity contribution in [2.75, 3.05) is 19.3 Å². The molecule has 3 rings (SSSR count). The van der Waals surface area contributed by atoms with Crippen molar-refractivity contribution in [3.8, 4) is 0 Å². The highest BCUT2D eigenvalue weighted by atomic mass is 35.5. The number of amides is 2. The zero-order valence-corrected chi connectivity index (χ0v) is 18.8. The van der Waals surface area contributed by atoms with Gasteiger partial charge in [0.15, 0.2) is 5.15 Å². The Balaban J connectivity index is 1.58. The fraction of sp³-hybridized carbons (Fsp3) is 0.737. The first kappa shape index (κ1) is 21.7. The smallest absolute Gasteiger partial charge is 0.267 e. The van der Waals surface area contributed by atoms with E-state index in [1.807, 2.05) is 0 Å². The molecule has 1 aliphatic heterocycles. The highest BCUT2D eigenvalue weighted by Gasteiger charge is 2.31. The van der Waals surface area contributed by atoms with Gasteiger partial charge in [0.25, 0.3) is 11.8 Å². The third-order valence-electron chi connectivity index (χ3n) is 6.07. The monoisotopic (exact) mass is 445 g/mol. The number of likely N-dealkylation sites (tertiary alicyclic amines) is 1. The van der Waals surface area contributed by atoms with Gasteiger partial charge in [-0.15, -0.1) is 11.3 Å². The quantitative estimate of drug-likeness (QED) is 0.694. The number of nitrogens with zero attached hydrogens (tertiary/aromatic N) is 3. The van der Waals surface area contributed by atoms with E-state index in [1.54, 1.807) is 16.7 Å². The number of piperidine rings is 1. The van der Waals surface area contributed by atoms with Crippen molar-refractivity contribution in [3.63, 3.8) is 0 Å². The molecule has 2 fully saturated rings. The van der Waals surface area contributed by atoms with Crippen molar-refractivity contribution in [1.82, 2.24) is 9.88 Å². The number of aromatic nitrogens is 1. The molecule has 0 N–H and O–H groups in total. The predicted molar refractivity (Wildman–Crippen MR) is 113 cm³/mol. The predicted octanol–water partition coefficient (Wildman–Crippen LogP) is 4.24. The second-order valence-electron chi connectivity index (χ2n) is 8.04. The molecule has 0 aromatic carbocycles. The van der Waals surface area contributed by atoms with Crippen molar-refractivity contribution in [3.05, 3.63) is 15.5 Å². The van der Waals surface area contributed by atoms with Gasteiger partial charge < -0.3 is 4.90 Å². The van der Waals surface area contributed by atoms with E-state index >= 15 is 0 Å². The Morgan fingerprint density at radius 1 is 1.29 bits per heavy atom. The van der Waals surface area contributed by atoms with Gasteiger partial charge in [0.2, 0.25) is 0 Å². The molecular weight excluding hydrogens is 418 g/mol. The van der Waals surface area contributed by atoms with Gasteiger partial charge in [-0.3, -0.25) is 9.59 Å². The van der Waals surface area contributed by atoms with Crippen LogP contribution in [0.3, 0.4) is 0 Å². The molecule has 3 atom stereocenters. The first-order chi connectivity index (χ1) is 13.3. The largest absolute Gasteiger partial charge is 0.338 e. The Hall–Kier alpha value is -0.990. The van der Waals surface area contributed by atoms with Crippen LogP contribution in [0.4, 0.5) is 0 Å². The van der Waals surface area contributed by atoms with Crippen molar-refractivity contribution in [2.24, 2.45) is 16.2 Å². The zero-order chi connectivity index (χ0) is 20.3. The van der Waals surface area contributed by atoms with Crippen LogP contribution in [0.1, 0.15) is 61.5 Å². The summed E-state index contributed by atoms with van der Waals surface area (Å²) in [5.74, 6) is 0.548. The molecule has 1 aromatic heterocycles. The first-order valence-corrected chi connectivity index (χ1v) is 13.1. The minimum absolute atomic E-state index is 0.132. The highest BCUT2D eigenvalue weighted by Crippen LogP contribution is 2.32. The first-order valence-electron chi connectivity index (χ1n) is 9.90. The summed E-state index contributed by atoms with van der Waals surface area (Å²) >= 11 is 7.18. The average Bonchev–Trinajstić information content (AvgIpc) is 3.08. The lowest BCUT2D eigenvalue weighted by molar-refractivity contribution is -0.119. The van der Waals surface area contributed by atoms with E-state index in [4.69, 9.17) is 11.6 Å². The molecule has 6 nitrogen and oxygen atoms in total. The lowest BCUT2D eigenvalue weighted by Crippen LogP contribution is -2.42. The Kier molecular flexibility index (Phi) is 7.15. The maximum absolute atomic E-state index is 13.1. The molecule has 1 saturated carbocycles. The number of carbonyl (C=O) groups excluding carboxylic acids is 2. The summed E-state index contributed by atoms with van der Waals surface area (Å²) < 4.78 is 17.3. The topological polar surface area (TPSA) is 79.7 Å². The second kappa shape index (κ2) is 9.22. The molecule has 1 aromatic rings. The van der Waals surface area contributed by atoms with Gasteiger partial charge in [-0.1, -0.05) is 37.8 Å². The molecule has 2 amide bonds. The van der Waals surface area contributed by atoms with Crippen molar-refractivity contribution < 1.29 is 13.8 Å². The number of carbonyl (C=O) groups is 2. The van der Waals surface area contributed by atoms with Gasteiger partial charge in [0, 0.05) is 31.0 Å². The van der Waals surface area contributed by atoms with Gasteiger partial charge in [-0.25, -0.2) is 9.19 Å². The molecular formula is C19H28ClN3O3S2. The van der Waals surface area contributed by atoms with Crippen LogP contribution in [0.15, 0.2) is 9.87 Å². The number of halogens is 1. The molecule has 28 heavy (non-hydrogen) atoms. The van der Waals surface area contributed by atoms with Gasteiger partial charge in [-0.05, 0) is 31.1 Å². The van der Waals surface area contributed by atoms with Crippen LogP contribution in [0.2, 0.25) is 5.15 Å². The maximum Gasteiger partial charge on any atom is 0.267 e.